The Morgan fingerprint density at radius 2 is 2.14 bits per heavy atom. The molecule has 0 bridgehead atoms. The fraction of sp³-hybridized carbons (Fsp3) is 0.222. The van der Waals surface area contributed by atoms with Crippen molar-refractivity contribution in [2.45, 2.75) is 12.8 Å². The number of benzene rings is 1. The number of aromatic amines is 1. The monoisotopic (exact) mass is 260 g/mol. The smallest absolute Gasteiger partial charge is 0.301 e. The average molecular weight is 261 g/mol. The molecule has 5 heteroatoms. The largest absolute Gasteiger partial charge is 0.337 e. The van der Waals surface area contributed by atoms with Gasteiger partial charge in [-0.25, -0.2) is 4.98 Å². The molecule has 2 nitrogen and oxygen atoms in total. The van der Waals surface area contributed by atoms with Crippen molar-refractivity contribution in [1.82, 2.24) is 9.97 Å². The molecule has 1 N–H and O–H groups in total. The third-order valence-electron chi connectivity index (χ3n) is 1.86. The fourth-order valence-electron chi connectivity index (χ4n) is 1.19. The van der Waals surface area contributed by atoms with Crippen molar-refractivity contribution in [2.24, 2.45) is 0 Å². The van der Waals surface area contributed by atoms with Crippen LogP contribution in [-0.2, 0) is 5.92 Å². The molecule has 0 atom stereocenters. The SMILES string of the molecule is CC(F)(F)c1nc2ccc(Br)cc2[nH]1. The molecule has 2 rings (SSSR count). The summed E-state index contributed by atoms with van der Waals surface area (Å²) >= 11 is 3.26. The lowest BCUT2D eigenvalue weighted by atomic mass is 10.3. The highest BCUT2D eigenvalue weighted by atomic mass is 79.9. The maximum absolute atomic E-state index is 12.9. The second-order valence-corrected chi connectivity index (χ2v) is 4.05. The van der Waals surface area contributed by atoms with Crippen molar-refractivity contribution < 1.29 is 8.78 Å². The number of alkyl halides is 2. The minimum absolute atomic E-state index is 0.300. The van der Waals surface area contributed by atoms with Gasteiger partial charge in [0.15, 0.2) is 5.82 Å². The molecule has 0 radical (unpaired) electrons. The van der Waals surface area contributed by atoms with Gasteiger partial charge in [-0.05, 0) is 18.2 Å². The van der Waals surface area contributed by atoms with Crippen LogP contribution < -0.4 is 0 Å². The topological polar surface area (TPSA) is 28.7 Å². The minimum atomic E-state index is -2.93. The summed E-state index contributed by atoms with van der Waals surface area (Å²) in [5.74, 6) is -3.23. The molecule has 0 spiro atoms. The van der Waals surface area contributed by atoms with E-state index in [0.717, 1.165) is 11.4 Å². The Balaban J connectivity index is 2.63. The Morgan fingerprint density at radius 1 is 1.43 bits per heavy atom. The summed E-state index contributed by atoms with van der Waals surface area (Å²) in [6, 6.07) is 5.17. The second-order valence-electron chi connectivity index (χ2n) is 3.14. The lowest BCUT2D eigenvalue weighted by Crippen LogP contribution is -2.08. The number of nitrogens with zero attached hydrogens (tertiary/aromatic N) is 1. The van der Waals surface area contributed by atoms with Gasteiger partial charge in [-0.2, -0.15) is 8.78 Å². The average Bonchev–Trinajstić information content (AvgIpc) is 2.45. The van der Waals surface area contributed by atoms with E-state index in [0.29, 0.717) is 11.0 Å². The van der Waals surface area contributed by atoms with Crippen LogP contribution in [0.5, 0.6) is 0 Å². The Bertz CT molecular complexity index is 473. The number of H-pyrrole nitrogens is 1. The summed E-state index contributed by atoms with van der Waals surface area (Å²) in [6.07, 6.45) is 0. The number of halogens is 3. The number of nitrogens with one attached hydrogen (secondary N) is 1. The first-order valence-corrected chi connectivity index (χ1v) is 4.80. The number of hydrogen-bond acceptors (Lipinski definition) is 1. The van der Waals surface area contributed by atoms with Crippen molar-refractivity contribution in [1.29, 1.82) is 0 Å². The Morgan fingerprint density at radius 3 is 2.79 bits per heavy atom. The summed E-state index contributed by atoms with van der Waals surface area (Å²) in [6.45, 7) is 0.819. The zero-order valence-electron chi connectivity index (χ0n) is 7.31. The van der Waals surface area contributed by atoms with Gasteiger partial charge in [-0.1, -0.05) is 15.9 Å². The van der Waals surface area contributed by atoms with Crippen LogP contribution in [0.15, 0.2) is 22.7 Å². The number of aromatic nitrogens is 2. The van der Waals surface area contributed by atoms with Crippen molar-refractivity contribution in [2.75, 3.05) is 0 Å². The third kappa shape index (κ3) is 1.64. The molecule has 0 unspecified atom stereocenters. The van der Waals surface area contributed by atoms with Crippen LogP contribution in [0.25, 0.3) is 11.0 Å². The molecular formula is C9H7BrF2N2. The van der Waals surface area contributed by atoms with Crippen LogP contribution in [0, 0.1) is 0 Å². The standard InChI is InChI=1S/C9H7BrF2N2/c1-9(11,12)8-13-6-3-2-5(10)4-7(6)14-8/h2-4H,1H3,(H,13,14). The van der Waals surface area contributed by atoms with Crippen molar-refractivity contribution >= 4 is 27.0 Å². The zero-order valence-corrected chi connectivity index (χ0v) is 8.90. The Kier molecular flexibility index (Phi) is 2.06. The quantitative estimate of drug-likeness (QED) is 0.836. The lowest BCUT2D eigenvalue weighted by Gasteiger charge is -2.03. The van der Waals surface area contributed by atoms with Gasteiger partial charge in [0.25, 0.3) is 0 Å². The molecule has 0 aliphatic heterocycles. The predicted molar refractivity (Wildman–Crippen MR) is 53.4 cm³/mol. The van der Waals surface area contributed by atoms with Crippen LogP contribution in [-0.4, -0.2) is 9.97 Å². The van der Waals surface area contributed by atoms with E-state index >= 15 is 0 Å². The maximum Gasteiger partial charge on any atom is 0.301 e. The second kappa shape index (κ2) is 3.02. The highest BCUT2D eigenvalue weighted by molar-refractivity contribution is 9.10. The van der Waals surface area contributed by atoms with Gasteiger partial charge in [-0.15, -0.1) is 0 Å². The molecule has 0 amide bonds. The molecule has 0 aliphatic rings. The van der Waals surface area contributed by atoms with Gasteiger partial charge in [0.2, 0.25) is 0 Å². The van der Waals surface area contributed by atoms with Crippen LogP contribution in [0.4, 0.5) is 8.78 Å². The molecule has 2 aromatic rings. The van der Waals surface area contributed by atoms with Crippen LogP contribution in [0.1, 0.15) is 12.7 Å². The van der Waals surface area contributed by atoms with Crippen LogP contribution in [0.2, 0.25) is 0 Å². The summed E-state index contributed by atoms with van der Waals surface area (Å²) in [5, 5.41) is 0. The first-order chi connectivity index (χ1) is 6.47. The van der Waals surface area contributed by atoms with Crippen molar-refractivity contribution in [3.8, 4) is 0 Å². The molecule has 1 heterocycles. The van der Waals surface area contributed by atoms with E-state index in [-0.39, 0.29) is 5.82 Å². The highest BCUT2D eigenvalue weighted by Crippen LogP contribution is 2.27. The summed E-state index contributed by atoms with van der Waals surface area (Å²) in [7, 11) is 0. The first-order valence-electron chi connectivity index (χ1n) is 4.00. The van der Waals surface area contributed by atoms with E-state index in [4.69, 9.17) is 0 Å². The van der Waals surface area contributed by atoms with Gasteiger partial charge in [0.1, 0.15) is 0 Å². The molecule has 0 saturated carbocycles. The van der Waals surface area contributed by atoms with Crippen molar-refractivity contribution in [3.63, 3.8) is 0 Å². The fourth-order valence-corrected chi connectivity index (χ4v) is 1.55. The normalized spacial score (nSPS) is 12.3. The molecule has 74 valence electrons. The summed E-state index contributed by atoms with van der Waals surface area (Å²) < 4.78 is 26.6. The van der Waals surface area contributed by atoms with Gasteiger partial charge < -0.3 is 4.98 Å². The predicted octanol–water partition coefficient (Wildman–Crippen LogP) is 3.44. The molecule has 0 saturated heterocycles. The molecule has 14 heavy (non-hydrogen) atoms. The van der Waals surface area contributed by atoms with E-state index in [2.05, 4.69) is 25.9 Å². The lowest BCUT2D eigenvalue weighted by molar-refractivity contribution is 0.00891. The highest BCUT2D eigenvalue weighted by Gasteiger charge is 2.28. The number of imidazole rings is 1. The van der Waals surface area contributed by atoms with Gasteiger partial charge in [0.05, 0.1) is 11.0 Å². The van der Waals surface area contributed by atoms with E-state index in [1.807, 2.05) is 0 Å². The van der Waals surface area contributed by atoms with Gasteiger partial charge in [0, 0.05) is 11.4 Å². The molecule has 0 fully saturated rings. The Hall–Kier alpha value is -0.970. The van der Waals surface area contributed by atoms with Crippen LogP contribution >= 0.6 is 15.9 Å². The van der Waals surface area contributed by atoms with Crippen molar-refractivity contribution in [3.05, 3.63) is 28.5 Å². The summed E-state index contributed by atoms with van der Waals surface area (Å²) in [4.78, 5) is 6.38. The number of hydrogen-bond donors (Lipinski definition) is 1. The maximum atomic E-state index is 12.9. The van der Waals surface area contributed by atoms with Crippen LogP contribution in [0.3, 0.4) is 0 Å². The van der Waals surface area contributed by atoms with E-state index in [1.165, 1.54) is 0 Å². The molecule has 1 aromatic heterocycles. The van der Waals surface area contributed by atoms with E-state index in [1.54, 1.807) is 18.2 Å². The summed E-state index contributed by atoms with van der Waals surface area (Å²) in [5.41, 5.74) is 1.15. The van der Waals surface area contributed by atoms with Gasteiger partial charge in [-0.3, -0.25) is 0 Å². The third-order valence-corrected chi connectivity index (χ3v) is 2.35. The molecule has 0 aliphatic carbocycles. The minimum Gasteiger partial charge on any atom is -0.337 e. The number of fused-ring (bicyclic) bond motifs is 1. The first kappa shape index (κ1) is 9.58. The number of rotatable bonds is 1. The molecule has 1 aromatic carbocycles. The van der Waals surface area contributed by atoms with E-state index in [9.17, 15) is 8.78 Å². The van der Waals surface area contributed by atoms with E-state index < -0.39 is 5.92 Å². The Labute approximate surface area is 87.5 Å². The van der Waals surface area contributed by atoms with Gasteiger partial charge >= 0.3 is 5.92 Å². The zero-order chi connectivity index (χ0) is 10.3. The molecular weight excluding hydrogens is 254 g/mol.